The molecule has 7 heteroatoms. The van der Waals surface area contributed by atoms with E-state index in [9.17, 15) is 9.90 Å². The Morgan fingerprint density at radius 2 is 1.81 bits per heavy atom. The average molecular weight is 379 g/mol. The van der Waals surface area contributed by atoms with Gasteiger partial charge in [0.15, 0.2) is 0 Å². The Kier molecular flexibility index (Phi) is 4.25. The third kappa shape index (κ3) is 3.11. The second kappa shape index (κ2) is 6.74. The van der Waals surface area contributed by atoms with Gasteiger partial charge in [-0.1, -0.05) is 11.6 Å². The minimum Gasteiger partial charge on any atom is -0.508 e. The number of rotatable bonds is 3. The molecule has 0 aliphatic heterocycles. The molecule has 4 rings (SSSR count). The second-order valence-electron chi connectivity index (χ2n) is 5.99. The minimum atomic E-state index is -0.235. The summed E-state index contributed by atoms with van der Waals surface area (Å²) >= 11 is 5.95. The summed E-state index contributed by atoms with van der Waals surface area (Å²) in [7, 11) is 1.70. The first kappa shape index (κ1) is 17.1. The van der Waals surface area contributed by atoms with Crippen molar-refractivity contribution >= 4 is 29.0 Å². The second-order valence-corrected chi connectivity index (χ2v) is 6.42. The molecule has 0 atom stereocenters. The maximum atomic E-state index is 13.3. The quantitative estimate of drug-likeness (QED) is 0.584. The van der Waals surface area contributed by atoms with E-state index in [1.165, 1.54) is 4.90 Å². The normalized spacial score (nSPS) is 10.9. The highest BCUT2D eigenvalue weighted by molar-refractivity contribution is 6.30. The summed E-state index contributed by atoms with van der Waals surface area (Å²) in [6.45, 7) is 0. The number of fused-ring (bicyclic) bond motifs is 1. The summed E-state index contributed by atoms with van der Waals surface area (Å²) in [4.78, 5) is 23.6. The third-order valence-corrected chi connectivity index (χ3v) is 4.52. The topological polar surface area (TPSA) is 70.7 Å². The highest BCUT2D eigenvalue weighted by Gasteiger charge is 2.24. The van der Waals surface area contributed by atoms with E-state index >= 15 is 0 Å². The molecule has 0 saturated carbocycles. The number of aromatic hydroxyl groups is 1. The van der Waals surface area contributed by atoms with Crippen LogP contribution < -0.4 is 4.90 Å². The standard InChI is InChI=1S/C20H15ClN4O2/c1-24(15-7-5-14(21)6-8-15)19(27)18-17(13-3-9-16(26)10-4-13)23-20-22-11-2-12-25(18)20/h2-12,26H,1H3. The lowest BCUT2D eigenvalue weighted by Gasteiger charge is -2.18. The van der Waals surface area contributed by atoms with Crippen LogP contribution in [0, 0.1) is 0 Å². The van der Waals surface area contributed by atoms with Crippen LogP contribution in [0.5, 0.6) is 5.75 Å². The number of carbonyl (C=O) groups excluding carboxylic acids is 1. The van der Waals surface area contributed by atoms with Gasteiger partial charge in [0, 0.05) is 35.7 Å². The van der Waals surface area contributed by atoms with Gasteiger partial charge in [-0.15, -0.1) is 0 Å². The van der Waals surface area contributed by atoms with Crippen LogP contribution >= 0.6 is 11.6 Å². The van der Waals surface area contributed by atoms with Gasteiger partial charge < -0.3 is 10.0 Å². The van der Waals surface area contributed by atoms with Crippen LogP contribution in [0.4, 0.5) is 5.69 Å². The third-order valence-electron chi connectivity index (χ3n) is 4.27. The van der Waals surface area contributed by atoms with Crippen LogP contribution in [0.3, 0.4) is 0 Å². The number of hydrogen-bond acceptors (Lipinski definition) is 4. The van der Waals surface area contributed by atoms with E-state index in [0.717, 1.165) is 0 Å². The van der Waals surface area contributed by atoms with E-state index in [4.69, 9.17) is 11.6 Å². The average Bonchev–Trinajstić information content (AvgIpc) is 3.07. The fraction of sp³-hybridized carbons (Fsp3) is 0.0500. The SMILES string of the molecule is CN(C(=O)c1c(-c2ccc(O)cc2)nc2ncccn12)c1ccc(Cl)cc1. The number of amides is 1. The molecule has 6 nitrogen and oxygen atoms in total. The lowest BCUT2D eigenvalue weighted by atomic mass is 10.1. The maximum absolute atomic E-state index is 13.3. The summed E-state index contributed by atoms with van der Waals surface area (Å²) in [6.07, 6.45) is 3.38. The Morgan fingerprint density at radius 3 is 2.52 bits per heavy atom. The molecule has 2 heterocycles. The molecule has 0 bridgehead atoms. The van der Waals surface area contributed by atoms with Gasteiger partial charge in [0.2, 0.25) is 5.78 Å². The predicted octanol–water partition coefficient (Wildman–Crippen LogP) is 4.03. The molecule has 0 fully saturated rings. The first-order valence-electron chi connectivity index (χ1n) is 8.20. The molecule has 0 aliphatic rings. The molecule has 1 N–H and O–H groups in total. The van der Waals surface area contributed by atoms with Gasteiger partial charge in [-0.05, 0) is 54.6 Å². The van der Waals surface area contributed by atoms with Gasteiger partial charge in [-0.25, -0.2) is 9.97 Å². The number of phenolic OH excluding ortho intramolecular Hbond substituents is 1. The van der Waals surface area contributed by atoms with Crippen molar-refractivity contribution in [2.75, 3.05) is 11.9 Å². The predicted molar refractivity (Wildman–Crippen MR) is 104 cm³/mol. The number of nitrogens with zero attached hydrogens (tertiary/aromatic N) is 4. The number of phenols is 1. The van der Waals surface area contributed by atoms with Crippen molar-refractivity contribution in [1.29, 1.82) is 0 Å². The van der Waals surface area contributed by atoms with Crippen LogP contribution in [0.25, 0.3) is 17.0 Å². The molecule has 1 amide bonds. The van der Waals surface area contributed by atoms with E-state index < -0.39 is 0 Å². The van der Waals surface area contributed by atoms with Gasteiger partial charge in [-0.3, -0.25) is 9.20 Å². The van der Waals surface area contributed by atoms with Crippen LogP contribution in [0.15, 0.2) is 67.0 Å². The van der Waals surface area contributed by atoms with Gasteiger partial charge in [0.25, 0.3) is 5.91 Å². The Labute approximate surface area is 160 Å². The molecule has 4 aromatic rings. The number of carbonyl (C=O) groups is 1. The summed E-state index contributed by atoms with van der Waals surface area (Å²) in [6, 6.07) is 15.3. The van der Waals surface area contributed by atoms with Gasteiger partial charge >= 0.3 is 0 Å². The molecule has 0 saturated heterocycles. The summed E-state index contributed by atoms with van der Waals surface area (Å²) in [5.41, 5.74) is 2.31. The van der Waals surface area contributed by atoms with Crippen molar-refractivity contribution in [3.63, 3.8) is 0 Å². The Balaban J connectivity index is 1.86. The molecule has 0 aliphatic carbocycles. The Morgan fingerprint density at radius 1 is 1.11 bits per heavy atom. The van der Waals surface area contributed by atoms with Crippen molar-refractivity contribution in [3.05, 3.63) is 77.7 Å². The van der Waals surface area contributed by atoms with Gasteiger partial charge in [0.05, 0.1) is 0 Å². The largest absolute Gasteiger partial charge is 0.508 e. The molecule has 27 heavy (non-hydrogen) atoms. The molecule has 0 unspecified atom stereocenters. The zero-order valence-corrected chi connectivity index (χ0v) is 15.1. The van der Waals surface area contributed by atoms with Crippen molar-refractivity contribution in [2.45, 2.75) is 0 Å². The van der Waals surface area contributed by atoms with Crippen LogP contribution in [0.2, 0.25) is 5.02 Å². The number of aromatic nitrogens is 3. The lowest BCUT2D eigenvalue weighted by Crippen LogP contribution is -2.28. The summed E-state index contributed by atoms with van der Waals surface area (Å²) < 4.78 is 1.66. The summed E-state index contributed by atoms with van der Waals surface area (Å²) in [5.74, 6) is 0.334. The molecular weight excluding hydrogens is 364 g/mol. The lowest BCUT2D eigenvalue weighted by molar-refractivity contribution is 0.0988. The zero-order valence-electron chi connectivity index (χ0n) is 14.4. The molecule has 2 aromatic heterocycles. The molecule has 2 aromatic carbocycles. The number of halogens is 1. The van der Waals surface area contributed by atoms with Crippen molar-refractivity contribution in [3.8, 4) is 17.0 Å². The Bertz CT molecular complexity index is 1120. The van der Waals surface area contributed by atoms with Crippen molar-refractivity contribution < 1.29 is 9.90 Å². The van der Waals surface area contributed by atoms with Gasteiger partial charge in [0.1, 0.15) is 17.1 Å². The van der Waals surface area contributed by atoms with Crippen molar-refractivity contribution in [1.82, 2.24) is 14.4 Å². The maximum Gasteiger partial charge on any atom is 0.277 e. The van der Waals surface area contributed by atoms with E-state index in [1.54, 1.807) is 78.4 Å². The van der Waals surface area contributed by atoms with Gasteiger partial charge in [-0.2, -0.15) is 0 Å². The van der Waals surface area contributed by atoms with Crippen molar-refractivity contribution in [2.24, 2.45) is 0 Å². The van der Waals surface area contributed by atoms with E-state index in [0.29, 0.717) is 33.4 Å². The zero-order chi connectivity index (χ0) is 19.0. The first-order chi connectivity index (χ1) is 13.0. The monoisotopic (exact) mass is 378 g/mol. The minimum absolute atomic E-state index is 0.145. The fourth-order valence-electron chi connectivity index (χ4n) is 2.85. The number of imidazole rings is 1. The highest BCUT2D eigenvalue weighted by Crippen LogP contribution is 2.28. The molecular formula is C20H15ClN4O2. The molecule has 134 valence electrons. The smallest absolute Gasteiger partial charge is 0.277 e. The van der Waals surface area contributed by atoms with E-state index in [2.05, 4.69) is 9.97 Å². The molecule has 0 radical (unpaired) electrons. The number of benzene rings is 2. The van der Waals surface area contributed by atoms with Crippen LogP contribution in [-0.4, -0.2) is 32.4 Å². The number of anilines is 1. The fourth-order valence-corrected chi connectivity index (χ4v) is 2.98. The first-order valence-corrected chi connectivity index (χ1v) is 8.58. The van der Waals surface area contributed by atoms with E-state index in [1.807, 2.05) is 0 Å². The Hall–Kier alpha value is -3.38. The highest BCUT2D eigenvalue weighted by atomic mass is 35.5. The molecule has 0 spiro atoms. The van der Waals surface area contributed by atoms with Crippen LogP contribution in [-0.2, 0) is 0 Å². The number of hydrogen-bond donors (Lipinski definition) is 1. The van der Waals surface area contributed by atoms with Crippen LogP contribution in [0.1, 0.15) is 10.5 Å². The summed E-state index contributed by atoms with van der Waals surface area (Å²) in [5, 5.41) is 10.2. The van der Waals surface area contributed by atoms with E-state index in [-0.39, 0.29) is 11.7 Å².